The van der Waals surface area contributed by atoms with Crippen LogP contribution in [0.2, 0.25) is 10.0 Å². The van der Waals surface area contributed by atoms with Crippen molar-refractivity contribution < 1.29 is 9.53 Å². The number of nitrogens with zero attached hydrogens (tertiary/aromatic N) is 1. The van der Waals surface area contributed by atoms with Gasteiger partial charge in [-0.3, -0.25) is 4.79 Å². The van der Waals surface area contributed by atoms with Crippen molar-refractivity contribution in [2.75, 3.05) is 13.1 Å². The molecule has 0 radical (unpaired) electrons. The fraction of sp³-hybridized carbons (Fsp3) is 0.267. The molecule has 108 valence electrons. The van der Waals surface area contributed by atoms with Gasteiger partial charge in [0.1, 0.15) is 10.8 Å². The number of hydrogen-bond acceptors (Lipinski definition) is 2. The summed E-state index contributed by atoms with van der Waals surface area (Å²) in [4.78, 5) is 13.8. The molecule has 0 heterocycles. The van der Waals surface area contributed by atoms with Crippen LogP contribution in [0.25, 0.3) is 0 Å². The molecule has 20 heavy (non-hydrogen) atoms. The lowest BCUT2D eigenvalue weighted by Gasteiger charge is -2.24. The summed E-state index contributed by atoms with van der Waals surface area (Å²) < 4.78 is 5.59. The molecule has 0 aliphatic carbocycles. The van der Waals surface area contributed by atoms with E-state index in [9.17, 15) is 4.79 Å². The lowest BCUT2D eigenvalue weighted by atomic mass is 10.3. The normalized spacial score (nSPS) is 11.6. The van der Waals surface area contributed by atoms with Crippen LogP contribution in [0, 0.1) is 0 Å². The summed E-state index contributed by atoms with van der Waals surface area (Å²) in [6.45, 7) is 9.78. The van der Waals surface area contributed by atoms with Gasteiger partial charge in [0.25, 0.3) is 5.91 Å². The molecule has 0 saturated carbocycles. The van der Waals surface area contributed by atoms with Crippen LogP contribution in [-0.4, -0.2) is 30.0 Å². The van der Waals surface area contributed by atoms with Crippen LogP contribution in [0.4, 0.5) is 0 Å². The number of carbonyl (C=O) groups excluding carboxylic acids is 1. The van der Waals surface area contributed by atoms with Gasteiger partial charge in [-0.1, -0.05) is 41.4 Å². The maximum Gasteiger partial charge on any atom is 0.263 e. The largest absolute Gasteiger partial charge is 0.479 e. The Morgan fingerprint density at radius 3 is 2.50 bits per heavy atom. The number of hydrogen-bond donors (Lipinski definition) is 0. The zero-order valence-corrected chi connectivity index (χ0v) is 12.8. The molecule has 1 unspecified atom stereocenters. The van der Waals surface area contributed by atoms with Gasteiger partial charge in [-0.05, 0) is 19.1 Å². The highest BCUT2D eigenvalue weighted by Crippen LogP contribution is 2.32. The number of amides is 1. The van der Waals surface area contributed by atoms with E-state index in [4.69, 9.17) is 27.9 Å². The number of benzene rings is 1. The van der Waals surface area contributed by atoms with Gasteiger partial charge in [0.05, 0.1) is 5.02 Å². The van der Waals surface area contributed by atoms with Crippen LogP contribution < -0.4 is 4.74 Å². The van der Waals surface area contributed by atoms with Gasteiger partial charge in [0.2, 0.25) is 0 Å². The molecular formula is C15H17Cl2NO2. The molecule has 0 spiro atoms. The van der Waals surface area contributed by atoms with E-state index in [1.165, 1.54) is 0 Å². The first-order valence-electron chi connectivity index (χ1n) is 6.12. The highest BCUT2D eigenvalue weighted by Gasteiger charge is 2.21. The first kappa shape index (κ1) is 16.6. The summed E-state index contributed by atoms with van der Waals surface area (Å²) >= 11 is 11.9. The maximum absolute atomic E-state index is 12.3. The second kappa shape index (κ2) is 7.98. The third kappa shape index (κ3) is 4.29. The van der Waals surface area contributed by atoms with Crippen LogP contribution in [-0.2, 0) is 4.79 Å². The third-order valence-corrected chi connectivity index (χ3v) is 3.38. The maximum atomic E-state index is 12.3. The van der Waals surface area contributed by atoms with Crippen molar-refractivity contribution in [1.29, 1.82) is 0 Å². The highest BCUT2D eigenvalue weighted by atomic mass is 35.5. The van der Waals surface area contributed by atoms with E-state index in [2.05, 4.69) is 13.2 Å². The van der Waals surface area contributed by atoms with Crippen LogP contribution in [0.3, 0.4) is 0 Å². The number of halogens is 2. The number of rotatable bonds is 7. The summed E-state index contributed by atoms with van der Waals surface area (Å²) in [5.74, 6) is 0.220. The van der Waals surface area contributed by atoms with E-state index in [1.54, 1.807) is 42.2 Å². The fourth-order valence-electron chi connectivity index (χ4n) is 1.64. The molecule has 0 aliphatic heterocycles. The highest BCUT2D eigenvalue weighted by molar-refractivity contribution is 6.42. The monoisotopic (exact) mass is 313 g/mol. The average Bonchev–Trinajstić information content (AvgIpc) is 2.42. The molecule has 0 aliphatic rings. The van der Waals surface area contributed by atoms with Crippen LogP contribution in [0.15, 0.2) is 43.5 Å². The molecule has 0 fully saturated rings. The van der Waals surface area contributed by atoms with Gasteiger partial charge in [-0.25, -0.2) is 0 Å². The number of ether oxygens (including phenoxy) is 1. The lowest BCUT2D eigenvalue weighted by molar-refractivity contribution is -0.136. The van der Waals surface area contributed by atoms with E-state index in [0.29, 0.717) is 28.9 Å². The van der Waals surface area contributed by atoms with E-state index in [1.807, 2.05) is 0 Å². The predicted octanol–water partition coefficient (Wildman–Crippen LogP) is 3.96. The van der Waals surface area contributed by atoms with Crippen LogP contribution >= 0.6 is 23.2 Å². The molecule has 0 N–H and O–H groups in total. The fourth-order valence-corrected chi connectivity index (χ4v) is 1.98. The van der Waals surface area contributed by atoms with Gasteiger partial charge in [0, 0.05) is 13.1 Å². The van der Waals surface area contributed by atoms with Crippen LogP contribution in [0.1, 0.15) is 6.92 Å². The van der Waals surface area contributed by atoms with Gasteiger partial charge in [-0.2, -0.15) is 0 Å². The Kier molecular flexibility index (Phi) is 6.62. The smallest absolute Gasteiger partial charge is 0.263 e. The van der Waals surface area contributed by atoms with Crippen molar-refractivity contribution >= 4 is 29.1 Å². The molecule has 1 atom stereocenters. The second-order valence-corrected chi connectivity index (χ2v) is 4.92. The Morgan fingerprint density at radius 1 is 1.35 bits per heavy atom. The predicted molar refractivity (Wildman–Crippen MR) is 83.5 cm³/mol. The Balaban J connectivity index is 2.80. The molecule has 1 aromatic carbocycles. The zero-order chi connectivity index (χ0) is 15.1. The molecule has 0 saturated heterocycles. The van der Waals surface area contributed by atoms with Crippen molar-refractivity contribution in [2.45, 2.75) is 13.0 Å². The van der Waals surface area contributed by atoms with Crippen molar-refractivity contribution in [3.8, 4) is 5.75 Å². The lowest BCUT2D eigenvalue weighted by Crippen LogP contribution is -2.40. The Hall–Kier alpha value is -1.45. The minimum atomic E-state index is -0.675. The first-order chi connectivity index (χ1) is 9.51. The summed E-state index contributed by atoms with van der Waals surface area (Å²) in [5, 5.41) is 0.686. The summed E-state index contributed by atoms with van der Waals surface area (Å²) in [7, 11) is 0. The topological polar surface area (TPSA) is 29.5 Å². The Bertz CT molecular complexity index is 493. The second-order valence-electron chi connectivity index (χ2n) is 4.13. The minimum absolute atomic E-state index is 0.166. The zero-order valence-electron chi connectivity index (χ0n) is 11.3. The number of carbonyl (C=O) groups is 1. The van der Waals surface area contributed by atoms with Crippen molar-refractivity contribution in [3.63, 3.8) is 0 Å². The van der Waals surface area contributed by atoms with E-state index >= 15 is 0 Å². The minimum Gasteiger partial charge on any atom is -0.479 e. The van der Waals surface area contributed by atoms with Gasteiger partial charge in [0.15, 0.2) is 6.10 Å². The molecular weight excluding hydrogens is 297 g/mol. The molecule has 1 rings (SSSR count). The molecule has 1 amide bonds. The molecule has 1 aromatic rings. The van der Waals surface area contributed by atoms with Crippen molar-refractivity contribution in [2.24, 2.45) is 0 Å². The standard InChI is InChI=1S/C15H17Cl2NO2/c1-4-9-18(10-5-2)15(19)11(3)20-13-8-6-7-12(16)14(13)17/h4-8,11H,1-2,9-10H2,3H3. The molecule has 5 heteroatoms. The van der Waals surface area contributed by atoms with Gasteiger partial charge >= 0.3 is 0 Å². The van der Waals surface area contributed by atoms with E-state index in [0.717, 1.165) is 0 Å². The molecule has 3 nitrogen and oxygen atoms in total. The van der Waals surface area contributed by atoms with Crippen molar-refractivity contribution in [1.82, 2.24) is 4.90 Å². The van der Waals surface area contributed by atoms with Gasteiger partial charge in [-0.15, -0.1) is 13.2 Å². The SMILES string of the molecule is C=CCN(CC=C)C(=O)C(C)Oc1cccc(Cl)c1Cl. The average molecular weight is 314 g/mol. The quantitative estimate of drug-likeness (QED) is 0.713. The third-order valence-electron chi connectivity index (χ3n) is 2.58. The molecule has 0 aromatic heterocycles. The van der Waals surface area contributed by atoms with Crippen LogP contribution in [0.5, 0.6) is 5.75 Å². The van der Waals surface area contributed by atoms with E-state index < -0.39 is 6.10 Å². The Morgan fingerprint density at radius 2 is 1.95 bits per heavy atom. The Labute approximate surface area is 129 Å². The summed E-state index contributed by atoms with van der Waals surface area (Å²) in [6.07, 6.45) is 2.63. The summed E-state index contributed by atoms with van der Waals surface area (Å²) in [5.41, 5.74) is 0. The van der Waals surface area contributed by atoms with Crippen molar-refractivity contribution in [3.05, 3.63) is 53.6 Å². The first-order valence-corrected chi connectivity index (χ1v) is 6.88. The summed E-state index contributed by atoms with van der Waals surface area (Å²) in [6, 6.07) is 5.04. The molecule has 0 bridgehead atoms. The van der Waals surface area contributed by atoms with E-state index in [-0.39, 0.29) is 5.91 Å². The van der Waals surface area contributed by atoms with Gasteiger partial charge < -0.3 is 9.64 Å².